The van der Waals surface area contributed by atoms with E-state index in [0.717, 1.165) is 0 Å². The van der Waals surface area contributed by atoms with Crippen molar-refractivity contribution in [2.24, 2.45) is 5.92 Å². The van der Waals surface area contributed by atoms with Gasteiger partial charge in [-0.25, -0.2) is 0 Å². The maximum absolute atomic E-state index is 11.9. The number of carbonyl (C=O) groups is 1. The molecule has 1 heterocycles. The van der Waals surface area contributed by atoms with E-state index in [9.17, 15) is 4.79 Å². The van der Waals surface area contributed by atoms with Crippen LogP contribution in [0.4, 0.5) is 5.69 Å². The van der Waals surface area contributed by atoms with E-state index in [1.807, 2.05) is 13.8 Å². The quantitative estimate of drug-likeness (QED) is 0.778. The Morgan fingerprint density at radius 1 is 1.41 bits per heavy atom. The molecule has 0 spiro atoms. The molecule has 0 aromatic heterocycles. The van der Waals surface area contributed by atoms with Crippen molar-refractivity contribution in [3.8, 4) is 11.5 Å². The first-order valence-electron chi connectivity index (χ1n) is 5.55. The molecule has 0 aliphatic carbocycles. The maximum Gasteiger partial charge on any atom is 0.253 e. The highest BCUT2D eigenvalue weighted by atomic mass is 16.7. The number of hydrogen-bond donors (Lipinski definition) is 2. The van der Waals surface area contributed by atoms with Crippen molar-refractivity contribution in [1.29, 1.82) is 0 Å². The van der Waals surface area contributed by atoms with E-state index < -0.39 is 0 Å². The van der Waals surface area contributed by atoms with Crippen LogP contribution >= 0.6 is 0 Å². The standard InChI is InChI=1S/C12H16N2O3/c1-7(2)5-14-12(15)8-3-10-11(4-9(8)13)17-6-16-10/h3-4,7H,5-6,13H2,1-2H3,(H,14,15). The monoisotopic (exact) mass is 236 g/mol. The molecular formula is C12H16N2O3. The van der Waals surface area contributed by atoms with Crippen molar-refractivity contribution >= 4 is 11.6 Å². The molecule has 0 atom stereocenters. The van der Waals surface area contributed by atoms with Crippen LogP contribution in [0.15, 0.2) is 12.1 Å². The number of ether oxygens (including phenoxy) is 2. The number of nitrogen functional groups attached to an aromatic ring is 1. The molecule has 1 amide bonds. The van der Waals surface area contributed by atoms with Gasteiger partial charge in [-0.3, -0.25) is 4.79 Å². The van der Waals surface area contributed by atoms with Gasteiger partial charge in [0.2, 0.25) is 6.79 Å². The van der Waals surface area contributed by atoms with Crippen LogP contribution in [-0.2, 0) is 0 Å². The van der Waals surface area contributed by atoms with Gasteiger partial charge in [0.25, 0.3) is 5.91 Å². The van der Waals surface area contributed by atoms with Gasteiger partial charge < -0.3 is 20.5 Å². The molecule has 5 heteroatoms. The van der Waals surface area contributed by atoms with Crippen LogP contribution in [0.5, 0.6) is 11.5 Å². The Balaban J connectivity index is 2.18. The number of nitrogens with one attached hydrogen (secondary N) is 1. The highest BCUT2D eigenvalue weighted by Gasteiger charge is 2.19. The number of nitrogens with two attached hydrogens (primary N) is 1. The molecule has 1 aliphatic heterocycles. The van der Waals surface area contributed by atoms with Gasteiger partial charge in [-0.15, -0.1) is 0 Å². The third kappa shape index (κ3) is 2.43. The number of fused-ring (bicyclic) bond motifs is 1. The highest BCUT2D eigenvalue weighted by molar-refractivity contribution is 6.00. The third-order valence-corrected chi connectivity index (χ3v) is 2.46. The van der Waals surface area contributed by atoms with Crippen LogP contribution in [0.1, 0.15) is 24.2 Å². The predicted molar refractivity (Wildman–Crippen MR) is 64.1 cm³/mol. The van der Waals surface area contributed by atoms with Gasteiger partial charge in [-0.05, 0) is 12.0 Å². The van der Waals surface area contributed by atoms with Gasteiger partial charge in [0.1, 0.15) is 0 Å². The van der Waals surface area contributed by atoms with Gasteiger partial charge >= 0.3 is 0 Å². The zero-order valence-electron chi connectivity index (χ0n) is 9.95. The summed E-state index contributed by atoms with van der Waals surface area (Å²) >= 11 is 0. The van der Waals surface area contributed by atoms with Crippen LogP contribution < -0.4 is 20.5 Å². The fraction of sp³-hybridized carbons (Fsp3) is 0.417. The summed E-state index contributed by atoms with van der Waals surface area (Å²) in [6.45, 7) is 4.85. The van der Waals surface area contributed by atoms with E-state index in [-0.39, 0.29) is 12.7 Å². The SMILES string of the molecule is CC(C)CNC(=O)c1cc2c(cc1N)OCO2. The molecule has 0 fully saturated rings. The molecule has 0 saturated heterocycles. The number of anilines is 1. The third-order valence-electron chi connectivity index (χ3n) is 2.46. The van der Waals surface area contributed by atoms with E-state index in [1.165, 1.54) is 0 Å². The second kappa shape index (κ2) is 4.53. The Labute approximate surface area is 99.9 Å². The molecule has 5 nitrogen and oxygen atoms in total. The maximum atomic E-state index is 11.9. The summed E-state index contributed by atoms with van der Waals surface area (Å²) in [6, 6.07) is 3.24. The topological polar surface area (TPSA) is 73.6 Å². The number of hydrogen-bond acceptors (Lipinski definition) is 4. The van der Waals surface area contributed by atoms with E-state index in [2.05, 4.69) is 5.32 Å². The van der Waals surface area contributed by atoms with Crippen molar-refractivity contribution in [1.82, 2.24) is 5.32 Å². The minimum atomic E-state index is -0.186. The normalized spacial score (nSPS) is 12.9. The Morgan fingerprint density at radius 3 is 2.71 bits per heavy atom. The lowest BCUT2D eigenvalue weighted by atomic mass is 10.1. The lowest BCUT2D eigenvalue weighted by molar-refractivity contribution is 0.0949. The van der Waals surface area contributed by atoms with Gasteiger partial charge in [0.15, 0.2) is 11.5 Å². The van der Waals surface area contributed by atoms with Gasteiger partial charge in [0, 0.05) is 18.3 Å². The summed E-state index contributed by atoms with van der Waals surface area (Å²) < 4.78 is 10.4. The molecule has 3 N–H and O–H groups in total. The molecule has 0 radical (unpaired) electrons. The molecule has 1 aliphatic rings. The fourth-order valence-electron chi connectivity index (χ4n) is 1.55. The molecule has 17 heavy (non-hydrogen) atoms. The van der Waals surface area contributed by atoms with Crippen LogP contribution in [0, 0.1) is 5.92 Å². The molecular weight excluding hydrogens is 220 g/mol. The summed E-state index contributed by atoms with van der Waals surface area (Å²) in [5.41, 5.74) is 6.63. The first-order valence-corrected chi connectivity index (χ1v) is 5.55. The average molecular weight is 236 g/mol. The Bertz CT molecular complexity index is 444. The second-order valence-corrected chi connectivity index (χ2v) is 4.40. The molecule has 0 saturated carbocycles. The Hall–Kier alpha value is -1.91. The molecule has 92 valence electrons. The Kier molecular flexibility index (Phi) is 3.08. The zero-order valence-corrected chi connectivity index (χ0v) is 9.95. The number of carbonyl (C=O) groups excluding carboxylic acids is 1. The van der Waals surface area contributed by atoms with Crippen LogP contribution in [0.25, 0.3) is 0 Å². The molecule has 0 unspecified atom stereocenters. The minimum absolute atomic E-state index is 0.172. The van der Waals surface area contributed by atoms with E-state index in [0.29, 0.717) is 35.2 Å². The number of amides is 1. The van der Waals surface area contributed by atoms with Gasteiger partial charge in [-0.1, -0.05) is 13.8 Å². The lowest BCUT2D eigenvalue weighted by Crippen LogP contribution is -2.27. The second-order valence-electron chi connectivity index (χ2n) is 4.40. The summed E-state index contributed by atoms with van der Waals surface area (Å²) in [7, 11) is 0. The fourth-order valence-corrected chi connectivity index (χ4v) is 1.55. The minimum Gasteiger partial charge on any atom is -0.454 e. The van der Waals surface area contributed by atoms with E-state index in [1.54, 1.807) is 12.1 Å². The number of benzene rings is 1. The molecule has 1 aromatic rings. The zero-order chi connectivity index (χ0) is 12.4. The van der Waals surface area contributed by atoms with Crippen molar-refractivity contribution in [2.75, 3.05) is 19.1 Å². The molecule has 1 aromatic carbocycles. The van der Waals surface area contributed by atoms with Crippen molar-refractivity contribution in [2.45, 2.75) is 13.8 Å². The van der Waals surface area contributed by atoms with Crippen LogP contribution in [-0.4, -0.2) is 19.2 Å². The van der Waals surface area contributed by atoms with Crippen molar-refractivity contribution < 1.29 is 14.3 Å². The van der Waals surface area contributed by atoms with Gasteiger partial charge in [0.05, 0.1) is 5.56 Å². The first kappa shape index (κ1) is 11.6. The summed E-state index contributed by atoms with van der Waals surface area (Å²) in [5.74, 6) is 1.36. The van der Waals surface area contributed by atoms with E-state index in [4.69, 9.17) is 15.2 Å². The number of rotatable bonds is 3. The predicted octanol–water partition coefficient (Wildman–Crippen LogP) is 1.38. The van der Waals surface area contributed by atoms with Crippen LogP contribution in [0.2, 0.25) is 0 Å². The van der Waals surface area contributed by atoms with Crippen LogP contribution in [0.3, 0.4) is 0 Å². The van der Waals surface area contributed by atoms with E-state index >= 15 is 0 Å². The highest BCUT2D eigenvalue weighted by Crippen LogP contribution is 2.35. The summed E-state index contributed by atoms with van der Waals surface area (Å²) in [5, 5.41) is 2.82. The van der Waals surface area contributed by atoms with Crippen molar-refractivity contribution in [3.05, 3.63) is 17.7 Å². The Morgan fingerprint density at radius 2 is 2.06 bits per heavy atom. The van der Waals surface area contributed by atoms with Crippen molar-refractivity contribution in [3.63, 3.8) is 0 Å². The molecule has 2 rings (SSSR count). The summed E-state index contributed by atoms with van der Waals surface area (Å²) in [6.07, 6.45) is 0. The smallest absolute Gasteiger partial charge is 0.253 e. The van der Waals surface area contributed by atoms with Gasteiger partial charge in [-0.2, -0.15) is 0 Å². The largest absolute Gasteiger partial charge is 0.454 e. The average Bonchev–Trinajstić information content (AvgIpc) is 2.71. The summed E-state index contributed by atoms with van der Waals surface area (Å²) in [4.78, 5) is 11.9. The molecule has 0 bridgehead atoms. The lowest BCUT2D eigenvalue weighted by Gasteiger charge is -2.10. The first-order chi connectivity index (χ1) is 8.08.